The molecule has 5 nitrogen and oxygen atoms in total. The Labute approximate surface area is 140 Å². The van der Waals surface area contributed by atoms with E-state index in [9.17, 15) is 8.42 Å². The lowest BCUT2D eigenvalue weighted by molar-refractivity contribution is 0.601. The van der Waals surface area contributed by atoms with E-state index < -0.39 is 10.0 Å². The van der Waals surface area contributed by atoms with Crippen LogP contribution >= 0.6 is 27.5 Å². The topological polar surface area (TPSA) is 72.0 Å². The molecule has 8 heteroatoms. The first-order valence-corrected chi connectivity index (χ1v) is 8.80. The Bertz CT molecular complexity index is 958. The Hall–Kier alpha value is -1.70. The zero-order chi connectivity index (χ0) is 15.7. The van der Waals surface area contributed by atoms with Crippen LogP contribution in [0.2, 0.25) is 5.15 Å². The largest absolute Gasteiger partial charge is 0.279 e. The summed E-state index contributed by atoms with van der Waals surface area (Å²) < 4.78 is 27.9. The molecule has 0 unspecified atom stereocenters. The molecule has 0 fully saturated rings. The summed E-state index contributed by atoms with van der Waals surface area (Å²) in [6, 6.07) is 10.2. The number of anilines is 1. The van der Waals surface area contributed by atoms with E-state index in [1.807, 2.05) is 6.07 Å². The van der Waals surface area contributed by atoms with Crippen LogP contribution in [0.3, 0.4) is 0 Å². The minimum Gasteiger partial charge on any atom is -0.279 e. The number of rotatable bonds is 3. The molecule has 0 aliphatic rings. The summed E-state index contributed by atoms with van der Waals surface area (Å²) in [6.07, 6.45) is 2.86. The quantitative estimate of drug-likeness (QED) is 0.680. The van der Waals surface area contributed by atoms with Crippen molar-refractivity contribution in [3.05, 3.63) is 58.4 Å². The maximum Gasteiger partial charge on any atom is 0.263 e. The second-order valence-corrected chi connectivity index (χ2v) is 7.32. The van der Waals surface area contributed by atoms with Gasteiger partial charge < -0.3 is 0 Å². The minimum absolute atomic E-state index is 0.0182. The number of nitrogens with one attached hydrogen (secondary N) is 1. The molecule has 22 heavy (non-hydrogen) atoms. The van der Waals surface area contributed by atoms with Crippen molar-refractivity contribution in [2.24, 2.45) is 0 Å². The summed E-state index contributed by atoms with van der Waals surface area (Å²) in [5.41, 5.74) is 1.16. The predicted molar refractivity (Wildman–Crippen MR) is 89.5 cm³/mol. The second kappa shape index (κ2) is 5.83. The number of nitrogens with zero attached hydrogens (tertiary/aromatic N) is 2. The third-order valence-corrected chi connectivity index (χ3v) is 5.44. The Morgan fingerprint density at radius 1 is 1.14 bits per heavy atom. The summed E-state index contributed by atoms with van der Waals surface area (Å²) in [4.78, 5) is 8.05. The number of hydrogen-bond acceptors (Lipinski definition) is 4. The molecular weight excluding hydrogens is 390 g/mol. The van der Waals surface area contributed by atoms with Gasteiger partial charge in [0.05, 0.1) is 15.7 Å². The zero-order valence-corrected chi connectivity index (χ0v) is 14.2. The normalized spacial score (nSPS) is 11.5. The molecule has 0 bridgehead atoms. The highest BCUT2D eigenvalue weighted by molar-refractivity contribution is 9.10. The van der Waals surface area contributed by atoms with Crippen molar-refractivity contribution in [3.63, 3.8) is 0 Å². The molecule has 0 saturated carbocycles. The van der Waals surface area contributed by atoms with Gasteiger partial charge in [-0.15, -0.1) is 0 Å². The predicted octanol–water partition coefficient (Wildman–Crippen LogP) is 3.85. The molecule has 0 aliphatic heterocycles. The van der Waals surface area contributed by atoms with Crippen molar-refractivity contribution in [2.75, 3.05) is 4.72 Å². The van der Waals surface area contributed by atoms with Crippen molar-refractivity contribution in [2.45, 2.75) is 4.90 Å². The van der Waals surface area contributed by atoms with E-state index in [4.69, 9.17) is 11.6 Å². The lowest BCUT2D eigenvalue weighted by Gasteiger charge is -2.10. The Kier molecular flexibility index (Phi) is 4.03. The van der Waals surface area contributed by atoms with Crippen LogP contribution in [0.5, 0.6) is 0 Å². The number of hydrogen-bond donors (Lipinski definition) is 1. The monoisotopic (exact) mass is 397 g/mol. The molecule has 0 saturated heterocycles. The van der Waals surface area contributed by atoms with Gasteiger partial charge in [-0.1, -0.05) is 17.7 Å². The zero-order valence-electron chi connectivity index (χ0n) is 11.0. The first-order chi connectivity index (χ1) is 10.5. The number of fused-ring (bicyclic) bond motifs is 1. The van der Waals surface area contributed by atoms with Gasteiger partial charge in [0.1, 0.15) is 10.0 Å². The Balaban J connectivity index is 2.05. The Morgan fingerprint density at radius 2 is 1.95 bits per heavy atom. The van der Waals surface area contributed by atoms with Crippen LogP contribution < -0.4 is 4.72 Å². The summed E-state index contributed by atoms with van der Waals surface area (Å²) in [6.45, 7) is 0. The molecule has 2 aromatic heterocycles. The maximum atomic E-state index is 12.5. The lowest BCUT2D eigenvalue weighted by atomic mass is 10.2. The average molecular weight is 399 g/mol. The van der Waals surface area contributed by atoms with Crippen molar-refractivity contribution in [1.82, 2.24) is 9.97 Å². The fraction of sp³-hybridized carbons (Fsp3) is 0. The van der Waals surface area contributed by atoms with E-state index in [0.29, 0.717) is 15.7 Å². The number of sulfonamides is 1. The van der Waals surface area contributed by atoms with Gasteiger partial charge in [0.25, 0.3) is 10.0 Å². The fourth-order valence-electron chi connectivity index (χ4n) is 1.95. The van der Waals surface area contributed by atoms with E-state index in [2.05, 4.69) is 30.6 Å². The minimum atomic E-state index is -3.77. The highest BCUT2D eigenvalue weighted by atomic mass is 79.9. The van der Waals surface area contributed by atoms with Gasteiger partial charge in [-0.2, -0.15) is 0 Å². The SMILES string of the molecule is O=S(=O)(Nc1cccc2ncccc12)c1cnc(Cl)c(Br)c1. The smallest absolute Gasteiger partial charge is 0.263 e. The molecule has 1 aromatic carbocycles. The molecule has 2 heterocycles. The molecule has 3 rings (SSSR count). The summed E-state index contributed by atoms with van der Waals surface area (Å²) >= 11 is 8.95. The first-order valence-electron chi connectivity index (χ1n) is 6.15. The summed E-state index contributed by atoms with van der Waals surface area (Å²) in [7, 11) is -3.77. The van der Waals surface area contributed by atoms with Gasteiger partial charge in [0.2, 0.25) is 0 Å². The Morgan fingerprint density at radius 3 is 2.73 bits per heavy atom. The van der Waals surface area contributed by atoms with Gasteiger partial charge in [-0.3, -0.25) is 9.71 Å². The van der Waals surface area contributed by atoms with E-state index in [0.717, 1.165) is 5.39 Å². The molecule has 112 valence electrons. The number of pyridine rings is 2. The van der Waals surface area contributed by atoms with Gasteiger partial charge in [0.15, 0.2) is 0 Å². The molecule has 3 aromatic rings. The molecule has 1 N–H and O–H groups in total. The van der Waals surface area contributed by atoms with Crippen molar-refractivity contribution >= 4 is 54.1 Å². The third kappa shape index (κ3) is 2.92. The van der Waals surface area contributed by atoms with E-state index >= 15 is 0 Å². The number of halogens is 2. The van der Waals surface area contributed by atoms with Crippen LogP contribution in [-0.4, -0.2) is 18.4 Å². The van der Waals surface area contributed by atoms with Gasteiger partial charge in [0, 0.05) is 17.8 Å². The van der Waals surface area contributed by atoms with Crippen molar-refractivity contribution in [1.29, 1.82) is 0 Å². The maximum absolute atomic E-state index is 12.5. The highest BCUT2D eigenvalue weighted by Crippen LogP contribution is 2.27. The van der Waals surface area contributed by atoms with Crippen LogP contribution in [0.1, 0.15) is 0 Å². The van der Waals surface area contributed by atoms with Crippen LogP contribution in [0, 0.1) is 0 Å². The molecule has 0 atom stereocenters. The van der Waals surface area contributed by atoms with Crippen molar-refractivity contribution < 1.29 is 8.42 Å². The first kappa shape index (κ1) is 15.2. The standard InChI is InChI=1S/C14H9BrClN3O2S/c15-11-7-9(8-18-14(11)16)22(20,21)19-13-5-1-4-12-10(13)3-2-6-17-12/h1-8,19H. The van der Waals surface area contributed by atoms with Gasteiger partial charge in [-0.25, -0.2) is 13.4 Å². The lowest BCUT2D eigenvalue weighted by Crippen LogP contribution is -2.13. The van der Waals surface area contributed by atoms with E-state index in [1.54, 1.807) is 30.5 Å². The summed E-state index contributed by atoms with van der Waals surface area (Å²) in [5, 5.41) is 0.919. The number of benzene rings is 1. The van der Waals surface area contributed by atoms with Gasteiger partial charge >= 0.3 is 0 Å². The third-order valence-electron chi connectivity index (χ3n) is 2.97. The van der Waals surface area contributed by atoms with Crippen LogP contribution in [0.25, 0.3) is 10.9 Å². The van der Waals surface area contributed by atoms with Crippen LogP contribution in [0.4, 0.5) is 5.69 Å². The van der Waals surface area contributed by atoms with Crippen LogP contribution in [-0.2, 0) is 10.0 Å². The molecular formula is C14H9BrClN3O2S. The molecule has 0 aliphatic carbocycles. The molecule has 0 amide bonds. The van der Waals surface area contributed by atoms with Gasteiger partial charge in [-0.05, 0) is 46.3 Å². The van der Waals surface area contributed by atoms with Crippen molar-refractivity contribution in [3.8, 4) is 0 Å². The fourth-order valence-corrected chi connectivity index (χ4v) is 3.60. The number of aromatic nitrogens is 2. The second-order valence-electron chi connectivity index (χ2n) is 4.42. The van der Waals surface area contributed by atoms with E-state index in [1.165, 1.54) is 12.3 Å². The average Bonchev–Trinajstić information content (AvgIpc) is 2.50. The molecule has 0 radical (unpaired) electrons. The van der Waals surface area contributed by atoms with E-state index in [-0.39, 0.29) is 10.0 Å². The highest BCUT2D eigenvalue weighted by Gasteiger charge is 2.17. The molecule has 0 spiro atoms. The summed E-state index contributed by atoms with van der Waals surface area (Å²) in [5.74, 6) is 0. The van der Waals surface area contributed by atoms with Crippen LogP contribution in [0.15, 0.2) is 58.2 Å².